The number of aliphatic hydroxyl groups excluding tert-OH is 1. The van der Waals surface area contributed by atoms with Gasteiger partial charge in [0.25, 0.3) is 0 Å². The molecule has 6 heteroatoms. The minimum atomic E-state index is -1.40. The van der Waals surface area contributed by atoms with Crippen molar-refractivity contribution in [2.45, 2.75) is 57.1 Å². The highest BCUT2D eigenvalue weighted by atomic mass is 16.4. The van der Waals surface area contributed by atoms with Crippen molar-refractivity contribution >= 4 is 12.0 Å². The molecule has 2 amide bonds. The van der Waals surface area contributed by atoms with E-state index in [0.29, 0.717) is 12.0 Å². The van der Waals surface area contributed by atoms with E-state index in [4.69, 9.17) is 5.11 Å². The van der Waals surface area contributed by atoms with Crippen LogP contribution in [0.15, 0.2) is 0 Å². The number of hydrogen-bond acceptors (Lipinski definition) is 3. The maximum atomic E-state index is 12.2. The Hall–Kier alpha value is -1.30. The Morgan fingerprint density at radius 2 is 1.90 bits per heavy atom. The van der Waals surface area contributed by atoms with Crippen LogP contribution in [0.1, 0.15) is 44.9 Å². The lowest BCUT2D eigenvalue weighted by Crippen LogP contribution is -2.53. The van der Waals surface area contributed by atoms with Crippen LogP contribution >= 0.6 is 0 Å². The first-order valence-corrected chi connectivity index (χ1v) is 7.55. The third kappa shape index (κ3) is 3.62. The lowest BCUT2D eigenvalue weighted by Gasteiger charge is -2.44. The molecule has 2 rings (SSSR count). The summed E-state index contributed by atoms with van der Waals surface area (Å²) in [5, 5.41) is 20.5. The zero-order chi connectivity index (χ0) is 14.5. The molecule has 2 aliphatic rings. The van der Waals surface area contributed by atoms with Gasteiger partial charge in [0.2, 0.25) is 0 Å². The van der Waals surface area contributed by atoms with E-state index in [-0.39, 0.29) is 19.0 Å². The third-order valence-electron chi connectivity index (χ3n) is 4.48. The first-order chi connectivity index (χ1) is 9.59. The topological polar surface area (TPSA) is 89.9 Å². The molecule has 1 heterocycles. The van der Waals surface area contributed by atoms with Crippen LogP contribution in [0.4, 0.5) is 4.79 Å². The second-order valence-corrected chi connectivity index (χ2v) is 5.82. The van der Waals surface area contributed by atoms with Gasteiger partial charge >= 0.3 is 12.0 Å². The van der Waals surface area contributed by atoms with Gasteiger partial charge in [-0.25, -0.2) is 9.59 Å². The number of hydrogen-bond donors (Lipinski definition) is 3. The number of piperidine rings is 1. The third-order valence-corrected chi connectivity index (χ3v) is 4.48. The van der Waals surface area contributed by atoms with Gasteiger partial charge in [0, 0.05) is 25.6 Å². The molecule has 0 spiro atoms. The molecule has 2 fully saturated rings. The number of nitrogens with zero attached hydrogens (tertiary/aromatic N) is 1. The molecule has 0 bridgehead atoms. The average molecular weight is 284 g/mol. The molecule has 1 saturated heterocycles. The number of urea groups is 1. The number of carbonyl (C=O) groups is 2. The maximum absolute atomic E-state index is 12.2. The summed E-state index contributed by atoms with van der Waals surface area (Å²) in [7, 11) is 0. The van der Waals surface area contributed by atoms with Gasteiger partial charge in [-0.2, -0.15) is 0 Å². The van der Waals surface area contributed by atoms with Gasteiger partial charge in [-0.15, -0.1) is 0 Å². The zero-order valence-electron chi connectivity index (χ0n) is 11.8. The lowest BCUT2D eigenvalue weighted by atomic mass is 9.78. The molecule has 6 nitrogen and oxygen atoms in total. The summed E-state index contributed by atoms with van der Waals surface area (Å²) in [6.45, 7) is 0.981. The van der Waals surface area contributed by atoms with Crippen LogP contribution in [0.5, 0.6) is 0 Å². The first-order valence-electron chi connectivity index (χ1n) is 7.55. The highest BCUT2D eigenvalue weighted by Crippen LogP contribution is 2.35. The summed E-state index contributed by atoms with van der Waals surface area (Å²) < 4.78 is 0. The molecule has 3 atom stereocenters. The molecule has 0 unspecified atom stereocenters. The monoisotopic (exact) mass is 284 g/mol. The average Bonchev–Trinajstić information content (AvgIpc) is 2.46. The second-order valence-electron chi connectivity index (χ2n) is 5.82. The minimum absolute atomic E-state index is 0.0447. The van der Waals surface area contributed by atoms with Gasteiger partial charge in [-0.05, 0) is 31.6 Å². The number of likely N-dealkylation sites (tertiary alicyclic amines) is 1. The van der Waals surface area contributed by atoms with E-state index in [1.165, 1.54) is 25.7 Å². The Morgan fingerprint density at radius 3 is 2.65 bits per heavy atom. The molecular formula is C14H24N2O4. The Balaban J connectivity index is 1.80. The molecule has 0 aromatic heterocycles. The number of aliphatic hydroxyl groups is 1. The van der Waals surface area contributed by atoms with E-state index in [2.05, 4.69) is 5.32 Å². The summed E-state index contributed by atoms with van der Waals surface area (Å²) in [4.78, 5) is 24.6. The van der Waals surface area contributed by atoms with E-state index in [9.17, 15) is 14.7 Å². The summed E-state index contributed by atoms with van der Waals surface area (Å²) in [5.41, 5.74) is 0. The van der Waals surface area contributed by atoms with Crippen molar-refractivity contribution in [1.29, 1.82) is 0 Å². The van der Waals surface area contributed by atoms with Crippen molar-refractivity contribution in [2.24, 2.45) is 5.92 Å². The van der Waals surface area contributed by atoms with Crippen LogP contribution in [0.3, 0.4) is 0 Å². The number of rotatable bonds is 4. The fourth-order valence-electron chi connectivity index (χ4n) is 3.42. The number of nitrogens with one attached hydrogen (secondary N) is 1. The SMILES string of the molecule is O=C(O)[C@@H](O)CCNC(=O)N1CCC[C@H]2CCCC[C@H]21. The van der Waals surface area contributed by atoms with Crippen LogP contribution in [0.2, 0.25) is 0 Å². The molecule has 1 saturated carbocycles. The van der Waals surface area contributed by atoms with E-state index >= 15 is 0 Å². The molecule has 1 aliphatic heterocycles. The smallest absolute Gasteiger partial charge is 0.332 e. The highest BCUT2D eigenvalue weighted by molar-refractivity contribution is 5.75. The van der Waals surface area contributed by atoms with Crippen LogP contribution in [0, 0.1) is 5.92 Å². The number of aliphatic carboxylic acids is 1. The molecule has 20 heavy (non-hydrogen) atoms. The molecule has 0 radical (unpaired) electrons. The quantitative estimate of drug-likeness (QED) is 0.723. The molecular weight excluding hydrogens is 260 g/mol. The summed E-state index contributed by atoms with van der Waals surface area (Å²) in [6, 6.07) is 0.237. The standard InChI is InChI=1S/C14H24N2O4/c17-12(13(18)19)7-8-15-14(20)16-9-3-5-10-4-1-2-6-11(10)16/h10-12,17H,1-9H2,(H,15,20)(H,18,19)/t10-,11-,12+/m1/s1. The predicted molar refractivity (Wildman–Crippen MR) is 73.3 cm³/mol. The van der Waals surface area contributed by atoms with Crippen molar-refractivity contribution in [1.82, 2.24) is 10.2 Å². The van der Waals surface area contributed by atoms with Gasteiger partial charge in [0.1, 0.15) is 0 Å². The van der Waals surface area contributed by atoms with Gasteiger partial charge < -0.3 is 20.4 Å². The molecule has 3 N–H and O–H groups in total. The highest BCUT2D eigenvalue weighted by Gasteiger charge is 2.35. The van der Waals surface area contributed by atoms with E-state index in [1.807, 2.05) is 4.90 Å². The molecule has 0 aromatic carbocycles. The minimum Gasteiger partial charge on any atom is -0.479 e. The fraction of sp³-hybridized carbons (Fsp3) is 0.857. The fourth-order valence-corrected chi connectivity index (χ4v) is 3.42. The molecule has 114 valence electrons. The predicted octanol–water partition coefficient (Wildman–Crippen LogP) is 1.19. The maximum Gasteiger partial charge on any atom is 0.332 e. The van der Waals surface area contributed by atoms with Crippen LogP contribution < -0.4 is 5.32 Å². The van der Waals surface area contributed by atoms with Crippen molar-refractivity contribution in [3.05, 3.63) is 0 Å². The number of carbonyl (C=O) groups excluding carboxylic acids is 1. The Kier molecular flexibility index (Phi) is 5.23. The van der Waals surface area contributed by atoms with E-state index in [0.717, 1.165) is 19.4 Å². The first kappa shape index (κ1) is 15.1. The van der Waals surface area contributed by atoms with Crippen molar-refractivity contribution < 1.29 is 19.8 Å². The molecule has 0 aromatic rings. The number of carboxylic acid groups (broad SMARTS) is 1. The second kappa shape index (κ2) is 6.92. The normalized spacial score (nSPS) is 27.6. The van der Waals surface area contributed by atoms with Crippen molar-refractivity contribution in [2.75, 3.05) is 13.1 Å². The summed E-state index contributed by atoms with van der Waals surface area (Å²) in [6.07, 6.45) is 5.65. The number of amides is 2. The zero-order valence-corrected chi connectivity index (χ0v) is 11.8. The van der Waals surface area contributed by atoms with Gasteiger partial charge in [0.15, 0.2) is 6.10 Å². The largest absolute Gasteiger partial charge is 0.479 e. The number of fused-ring (bicyclic) bond motifs is 1. The summed E-state index contributed by atoms with van der Waals surface area (Å²) >= 11 is 0. The Bertz CT molecular complexity index is 359. The van der Waals surface area contributed by atoms with E-state index < -0.39 is 12.1 Å². The van der Waals surface area contributed by atoms with Crippen LogP contribution in [0.25, 0.3) is 0 Å². The van der Waals surface area contributed by atoms with Crippen LogP contribution in [-0.2, 0) is 4.79 Å². The van der Waals surface area contributed by atoms with Crippen LogP contribution in [-0.4, -0.2) is 52.3 Å². The van der Waals surface area contributed by atoms with Crippen molar-refractivity contribution in [3.8, 4) is 0 Å². The van der Waals surface area contributed by atoms with Gasteiger partial charge in [-0.3, -0.25) is 0 Å². The Labute approximate surface area is 119 Å². The van der Waals surface area contributed by atoms with E-state index in [1.54, 1.807) is 0 Å². The summed E-state index contributed by atoms with van der Waals surface area (Å²) in [5.74, 6) is -0.613. The van der Waals surface area contributed by atoms with Gasteiger partial charge in [0.05, 0.1) is 0 Å². The lowest BCUT2D eigenvalue weighted by molar-refractivity contribution is -0.146. The number of carboxylic acids is 1. The van der Waals surface area contributed by atoms with Crippen molar-refractivity contribution in [3.63, 3.8) is 0 Å². The van der Waals surface area contributed by atoms with Gasteiger partial charge in [-0.1, -0.05) is 12.8 Å². The molecule has 1 aliphatic carbocycles. The Morgan fingerprint density at radius 1 is 1.20 bits per heavy atom.